The molecule has 0 saturated carbocycles. The number of carbonyl (C=O) groups excluding carboxylic acids is 1. The average Bonchev–Trinajstić information content (AvgIpc) is 2.90. The van der Waals surface area contributed by atoms with Crippen molar-refractivity contribution < 1.29 is 34.0 Å². The Hall–Kier alpha value is -4.97. The highest BCUT2D eigenvalue weighted by Crippen LogP contribution is 2.34. The summed E-state index contributed by atoms with van der Waals surface area (Å²) >= 11 is 0. The fourth-order valence-corrected chi connectivity index (χ4v) is 3.52. The van der Waals surface area contributed by atoms with Crippen LogP contribution in [0.25, 0.3) is 0 Å². The fourth-order valence-electron chi connectivity index (χ4n) is 3.52. The van der Waals surface area contributed by atoms with E-state index in [-0.39, 0.29) is 11.5 Å². The van der Waals surface area contributed by atoms with Gasteiger partial charge in [0.05, 0.1) is 18.7 Å². The molecule has 0 aliphatic rings. The number of amides is 1. The number of aromatic hydroxyl groups is 1. The summed E-state index contributed by atoms with van der Waals surface area (Å²) in [5, 5.41) is 30.9. The van der Waals surface area contributed by atoms with Crippen LogP contribution in [-0.2, 0) is 9.53 Å². The van der Waals surface area contributed by atoms with Crippen LogP contribution in [0.1, 0.15) is 30.1 Å². The van der Waals surface area contributed by atoms with Gasteiger partial charge >= 0.3 is 12.1 Å². The molecule has 3 rings (SSSR count). The number of para-hydroxylation sites is 1. The number of aliphatic carboxylic acids is 1. The van der Waals surface area contributed by atoms with E-state index < -0.39 is 24.3 Å². The normalized spacial score (nSPS) is 12.2. The maximum atomic E-state index is 12.9. The second-order valence-corrected chi connectivity index (χ2v) is 7.86. The van der Waals surface area contributed by atoms with Crippen LogP contribution in [0, 0.1) is 11.3 Å². The number of carbonyl (C=O) groups is 2. The molecule has 37 heavy (non-hydrogen) atoms. The lowest BCUT2D eigenvalue weighted by molar-refractivity contribution is -0.131. The number of carboxylic acid groups (broad SMARTS) is 1. The largest absolute Gasteiger partial charge is 0.504 e. The van der Waals surface area contributed by atoms with Gasteiger partial charge in [-0.1, -0.05) is 30.3 Å². The van der Waals surface area contributed by atoms with Crippen molar-refractivity contribution in [1.82, 2.24) is 0 Å². The van der Waals surface area contributed by atoms with Crippen LogP contribution < -0.4 is 14.8 Å². The number of phenolic OH excluding ortho intramolecular Hbond substituents is 1. The van der Waals surface area contributed by atoms with E-state index >= 15 is 0 Å². The van der Waals surface area contributed by atoms with Crippen molar-refractivity contribution >= 4 is 17.7 Å². The second kappa shape index (κ2) is 13.2. The van der Waals surface area contributed by atoms with Gasteiger partial charge in [0.2, 0.25) is 0 Å². The van der Waals surface area contributed by atoms with Crippen LogP contribution in [0.4, 0.5) is 10.5 Å². The van der Waals surface area contributed by atoms with Crippen molar-refractivity contribution in [2.24, 2.45) is 0 Å². The monoisotopic (exact) mass is 502 g/mol. The van der Waals surface area contributed by atoms with Gasteiger partial charge in [0.1, 0.15) is 11.9 Å². The molecular weight excluding hydrogens is 476 g/mol. The summed E-state index contributed by atoms with van der Waals surface area (Å²) in [5.41, 5.74) is 1.30. The van der Waals surface area contributed by atoms with Gasteiger partial charge in [-0.05, 0) is 61.4 Å². The minimum Gasteiger partial charge on any atom is -0.504 e. The number of phenols is 1. The molecule has 2 atom stereocenters. The zero-order valence-electron chi connectivity index (χ0n) is 20.0. The maximum Gasteiger partial charge on any atom is 0.412 e. The highest BCUT2D eigenvalue weighted by molar-refractivity contribution is 5.84. The molecule has 3 N–H and O–H groups in total. The predicted molar refractivity (Wildman–Crippen MR) is 136 cm³/mol. The number of benzene rings is 3. The van der Waals surface area contributed by atoms with Crippen LogP contribution in [0.3, 0.4) is 0 Å². The van der Waals surface area contributed by atoms with E-state index in [2.05, 4.69) is 5.32 Å². The smallest absolute Gasteiger partial charge is 0.412 e. The van der Waals surface area contributed by atoms with Gasteiger partial charge in [-0.2, -0.15) is 5.26 Å². The fraction of sp³-hybridized carbons (Fsp3) is 0.179. The first-order valence-electron chi connectivity index (χ1n) is 11.4. The highest BCUT2D eigenvalue weighted by atomic mass is 16.6. The highest BCUT2D eigenvalue weighted by Gasteiger charge is 2.30. The molecule has 3 aromatic rings. The van der Waals surface area contributed by atoms with Gasteiger partial charge in [0.15, 0.2) is 17.6 Å². The Bertz CT molecular complexity index is 1270. The lowest BCUT2D eigenvalue weighted by Gasteiger charge is -2.28. The van der Waals surface area contributed by atoms with Gasteiger partial charge in [-0.3, -0.25) is 5.32 Å². The SMILES string of the molecule is COc1ccc([C@@H](OC(=O)Nc2ccc(C#N)cc2)[C@@H](CC/C=C/C(=O)O)Oc2ccccc2)cc1O. The molecule has 0 bridgehead atoms. The molecule has 3 aromatic carbocycles. The molecule has 190 valence electrons. The summed E-state index contributed by atoms with van der Waals surface area (Å²) < 4.78 is 17.1. The Labute approximate surface area is 214 Å². The van der Waals surface area contributed by atoms with Crippen LogP contribution in [-0.4, -0.2) is 35.5 Å². The molecule has 0 radical (unpaired) electrons. The number of nitrogens with one attached hydrogen (secondary N) is 1. The van der Waals surface area contributed by atoms with E-state index in [9.17, 15) is 14.7 Å². The summed E-state index contributed by atoms with van der Waals surface area (Å²) in [7, 11) is 1.42. The Morgan fingerprint density at radius 1 is 1.08 bits per heavy atom. The van der Waals surface area contributed by atoms with Crippen LogP contribution >= 0.6 is 0 Å². The number of methoxy groups -OCH3 is 1. The van der Waals surface area contributed by atoms with E-state index in [0.29, 0.717) is 35.4 Å². The first kappa shape index (κ1) is 26.6. The lowest BCUT2D eigenvalue weighted by Crippen LogP contribution is -2.31. The van der Waals surface area contributed by atoms with Crippen molar-refractivity contribution in [3.8, 4) is 23.3 Å². The van der Waals surface area contributed by atoms with Crippen molar-refractivity contribution in [2.75, 3.05) is 12.4 Å². The van der Waals surface area contributed by atoms with E-state index in [4.69, 9.17) is 24.6 Å². The third-order valence-electron chi connectivity index (χ3n) is 5.27. The molecule has 0 aliphatic carbocycles. The Kier molecular flexibility index (Phi) is 9.51. The molecular formula is C28H26N2O7. The maximum absolute atomic E-state index is 12.9. The zero-order chi connectivity index (χ0) is 26.6. The predicted octanol–water partition coefficient (Wildman–Crippen LogP) is 5.43. The minimum absolute atomic E-state index is 0.148. The van der Waals surface area contributed by atoms with Gasteiger partial charge in [0, 0.05) is 17.3 Å². The van der Waals surface area contributed by atoms with E-state index in [1.165, 1.54) is 19.3 Å². The number of hydrogen-bond donors (Lipinski definition) is 3. The number of hydrogen-bond acceptors (Lipinski definition) is 7. The van der Waals surface area contributed by atoms with Gasteiger partial charge < -0.3 is 24.4 Å². The standard InChI is InChI=1S/C28H26N2O7/c1-35-24-16-13-20(17-23(24)31)27(37-28(34)30-21-14-11-19(18-29)12-15-21)25(9-5-6-10-26(32)33)36-22-7-3-2-4-8-22/h2-4,6-8,10-17,25,27,31H,5,9H2,1H3,(H,30,34)(H,32,33)/b10-6+/t25-,27-/m1/s1. The molecule has 0 saturated heterocycles. The summed E-state index contributed by atoms with van der Waals surface area (Å²) in [5.74, 6) is -0.455. The number of ether oxygens (including phenoxy) is 3. The molecule has 0 spiro atoms. The molecule has 0 fully saturated rings. The number of anilines is 1. The van der Waals surface area contributed by atoms with Crippen LogP contribution in [0.5, 0.6) is 17.2 Å². The zero-order valence-corrected chi connectivity index (χ0v) is 20.0. The van der Waals surface area contributed by atoms with E-state index in [0.717, 1.165) is 6.08 Å². The lowest BCUT2D eigenvalue weighted by atomic mass is 9.99. The molecule has 9 heteroatoms. The van der Waals surface area contributed by atoms with Crippen LogP contribution in [0.15, 0.2) is 84.9 Å². The van der Waals surface area contributed by atoms with Gasteiger partial charge in [0.25, 0.3) is 0 Å². The Morgan fingerprint density at radius 3 is 2.43 bits per heavy atom. The minimum atomic E-state index is -1.07. The Morgan fingerprint density at radius 2 is 1.81 bits per heavy atom. The van der Waals surface area contributed by atoms with Gasteiger partial charge in [-0.25, -0.2) is 9.59 Å². The Balaban J connectivity index is 1.92. The third kappa shape index (κ3) is 8.04. The van der Waals surface area contributed by atoms with E-state index in [1.54, 1.807) is 60.7 Å². The van der Waals surface area contributed by atoms with Gasteiger partial charge in [-0.15, -0.1) is 0 Å². The number of allylic oxidation sites excluding steroid dienone is 1. The number of nitrogens with zero attached hydrogens (tertiary/aromatic N) is 1. The third-order valence-corrected chi connectivity index (χ3v) is 5.27. The van der Waals surface area contributed by atoms with Crippen molar-refractivity contribution in [3.05, 3.63) is 96.1 Å². The quantitative estimate of drug-likeness (QED) is 0.295. The summed E-state index contributed by atoms with van der Waals surface area (Å²) in [4.78, 5) is 23.8. The van der Waals surface area contributed by atoms with Crippen LogP contribution in [0.2, 0.25) is 0 Å². The number of rotatable bonds is 11. The van der Waals surface area contributed by atoms with E-state index in [1.807, 2.05) is 12.1 Å². The summed E-state index contributed by atoms with van der Waals surface area (Å²) in [6, 6.07) is 21.8. The molecule has 0 aromatic heterocycles. The van der Waals surface area contributed by atoms with Crippen molar-refractivity contribution in [1.29, 1.82) is 5.26 Å². The molecule has 0 unspecified atom stereocenters. The van der Waals surface area contributed by atoms with Crippen molar-refractivity contribution in [2.45, 2.75) is 25.0 Å². The van der Waals surface area contributed by atoms with Crippen molar-refractivity contribution in [3.63, 3.8) is 0 Å². The molecule has 9 nitrogen and oxygen atoms in total. The first-order valence-corrected chi connectivity index (χ1v) is 11.4. The number of nitriles is 1. The summed E-state index contributed by atoms with van der Waals surface area (Å²) in [6.45, 7) is 0. The molecule has 1 amide bonds. The first-order chi connectivity index (χ1) is 17.9. The second-order valence-electron chi connectivity index (χ2n) is 7.86. The number of carboxylic acids is 1. The molecule has 0 aliphatic heterocycles. The topological polar surface area (TPSA) is 138 Å². The summed E-state index contributed by atoms with van der Waals surface area (Å²) in [6.07, 6.45) is 0.611. The molecule has 0 heterocycles. The average molecular weight is 503 g/mol.